The van der Waals surface area contributed by atoms with Crippen LogP contribution in [0.1, 0.15) is 36.5 Å². The van der Waals surface area contributed by atoms with Crippen molar-refractivity contribution in [3.63, 3.8) is 0 Å². The van der Waals surface area contributed by atoms with Gasteiger partial charge in [-0.3, -0.25) is 4.79 Å². The highest BCUT2D eigenvalue weighted by Gasteiger charge is 2.16. The zero-order valence-electron chi connectivity index (χ0n) is 9.69. The number of nitrogens with one attached hydrogen (secondary N) is 1. The minimum absolute atomic E-state index is 0.202. The summed E-state index contributed by atoms with van der Waals surface area (Å²) in [6, 6.07) is 1.07. The highest BCUT2D eigenvalue weighted by atomic mass is 16.5. The number of aromatic nitrogens is 1. The van der Waals surface area contributed by atoms with E-state index in [0.717, 1.165) is 6.29 Å². The molecule has 0 bridgehead atoms. The fraction of sp³-hybridized carbons (Fsp3) is 0.545. The molecule has 1 aromatic rings. The van der Waals surface area contributed by atoms with Gasteiger partial charge >= 0.3 is 0 Å². The molecule has 0 spiro atoms. The van der Waals surface area contributed by atoms with Crippen molar-refractivity contribution in [1.29, 1.82) is 0 Å². The van der Waals surface area contributed by atoms with Crippen molar-refractivity contribution in [3.8, 4) is 0 Å². The monoisotopic (exact) mass is 224 g/mol. The highest BCUT2D eigenvalue weighted by molar-refractivity contribution is 5.93. The van der Waals surface area contributed by atoms with E-state index in [1.165, 1.54) is 6.07 Å². The summed E-state index contributed by atoms with van der Waals surface area (Å²) in [7, 11) is 0. The first-order chi connectivity index (χ1) is 7.52. The van der Waals surface area contributed by atoms with Gasteiger partial charge in [-0.25, -0.2) is 0 Å². The Bertz CT molecular complexity index is 371. The first-order valence-electron chi connectivity index (χ1n) is 5.22. The summed E-state index contributed by atoms with van der Waals surface area (Å²) in [6.45, 7) is 5.68. The van der Waals surface area contributed by atoms with Crippen LogP contribution in [0.3, 0.4) is 0 Å². The van der Waals surface area contributed by atoms with Crippen LogP contribution in [0.25, 0.3) is 0 Å². The fourth-order valence-corrected chi connectivity index (χ4v) is 1.37. The molecule has 1 heterocycles. The average molecular weight is 224 g/mol. The number of carbonyl (C=O) groups excluding carboxylic acids is 2. The van der Waals surface area contributed by atoms with E-state index in [4.69, 9.17) is 4.52 Å². The van der Waals surface area contributed by atoms with E-state index in [1.54, 1.807) is 6.92 Å². The number of amides is 1. The van der Waals surface area contributed by atoms with Crippen molar-refractivity contribution in [1.82, 2.24) is 10.5 Å². The van der Waals surface area contributed by atoms with Gasteiger partial charge in [0.25, 0.3) is 5.91 Å². The minimum atomic E-state index is -0.468. The molecule has 0 saturated heterocycles. The predicted octanol–water partition coefficient (Wildman–Crippen LogP) is 1.33. The number of rotatable bonds is 5. The van der Waals surface area contributed by atoms with E-state index in [9.17, 15) is 9.59 Å². The third-order valence-corrected chi connectivity index (χ3v) is 2.07. The van der Waals surface area contributed by atoms with Crippen LogP contribution in [0.15, 0.2) is 10.6 Å². The number of hydrogen-bond acceptors (Lipinski definition) is 4. The Morgan fingerprint density at radius 2 is 2.31 bits per heavy atom. The second kappa shape index (κ2) is 5.44. The van der Waals surface area contributed by atoms with E-state index in [0.29, 0.717) is 18.1 Å². The van der Waals surface area contributed by atoms with Crippen LogP contribution in [0.2, 0.25) is 0 Å². The van der Waals surface area contributed by atoms with Crippen LogP contribution >= 0.6 is 0 Å². The molecule has 0 aliphatic rings. The maximum absolute atomic E-state index is 11.6. The number of carbonyl (C=O) groups is 2. The summed E-state index contributed by atoms with van der Waals surface area (Å²) in [4.78, 5) is 22.4. The minimum Gasteiger partial charge on any atom is -0.361 e. The SMILES string of the molecule is Cc1cc(C(=O)N[C@H](C=O)CC(C)C)no1. The van der Waals surface area contributed by atoms with Gasteiger partial charge in [0.15, 0.2) is 5.69 Å². The van der Waals surface area contributed by atoms with Gasteiger partial charge in [0.1, 0.15) is 12.0 Å². The lowest BCUT2D eigenvalue weighted by molar-refractivity contribution is -0.109. The van der Waals surface area contributed by atoms with Gasteiger partial charge < -0.3 is 14.6 Å². The Balaban J connectivity index is 2.58. The molecular formula is C11H16N2O3. The van der Waals surface area contributed by atoms with Crippen molar-refractivity contribution < 1.29 is 14.1 Å². The Morgan fingerprint density at radius 3 is 2.75 bits per heavy atom. The van der Waals surface area contributed by atoms with Gasteiger partial charge in [-0.05, 0) is 19.3 Å². The van der Waals surface area contributed by atoms with Crippen LogP contribution in [-0.4, -0.2) is 23.4 Å². The smallest absolute Gasteiger partial charge is 0.274 e. The largest absolute Gasteiger partial charge is 0.361 e. The lowest BCUT2D eigenvalue weighted by Crippen LogP contribution is -2.37. The van der Waals surface area contributed by atoms with Crippen molar-refractivity contribution in [3.05, 3.63) is 17.5 Å². The molecular weight excluding hydrogens is 208 g/mol. The van der Waals surface area contributed by atoms with Crippen molar-refractivity contribution in [2.45, 2.75) is 33.2 Å². The summed E-state index contributed by atoms with van der Waals surface area (Å²) in [5.41, 5.74) is 0.202. The molecule has 5 heteroatoms. The van der Waals surface area contributed by atoms with Crippen LogP contribution < -0.4 is 5.32 Å². The summed E-state index contributed by atoms with van der Waals surface area (Å²) in [6.07, 6.45) is 1.36. The second-order valence-corrected chi connectivity index (χ2v) is 4.17. The van der Waals surface area contributed by atoms with Gasteiger partial charge in [-0.1, -0.05) is 19.0 Å². The number of aldehydes is 1. The molecule has 0 radical (unpaired) electrons. The molecule has 0 aliphatic heterocycles. The molecule has 0 unspecified atom stereocenters. The zero-order chi connectivity index (χ0) is 12.1. The highest BCUT2D eigenvalue weighted by Crippen LogP contribution is 2.05. The lowest BCUT2D eigenvalue weighted by atomic mass is 10.0. The van der Waals surface area contributed by atoms with Gasteiger partial charge in [0, 0.05) is 6.07 Å². The molecule has 0 fully saturated rings. The van der Waals surface area contributed by atoms with Crippen LogP contribution in [0.5, 0.6) is 0 Å². The molecule has 0 aromatic carbocycles. The molecule has 1 rings (SSSR count). The Morgan fingerprint density at radius 1 is 1.62 bits per heavy atom. The first kappa shape index (κ1) is 12.4. The van der Waals surface area contributed by atoms with E-state index in [2.05, 4.69) is 10.5 Å². The first-order valence-corrected chi connectivity index (χ1v) is 5.22. The van der Waals surface area contributed by atoms with E-state index < -0.39 is 6.04 Å². The Hall–Kier alpha value is -1.65. The topological polar surface area (TPSA) is 72.2 Å². The summed E-state index contributed by atoms with van der Waals surface area (Å²) in [5, 5.41) is 6.18. The summed E-state index contributed by atoms with van der Waals surface area (Å²) >= 11 is 0. The van der Waals surface area contributed by atoms with Crippen molar-refractivity contribution in [2.75, 3.05) is 0 Å². The normalized spacial score (nSPS) is 12.5. The summed E-state index contributed by atoms with van der Waals surface area (Å²) < 4.78 is 4.78. The quantitative estimate of drug-likeness (QED) is 0.766. The molecule has 5 nitrogen and oxygen atoms in total. The molecule has 1 N–H and O–H groups in total. The predicted molar refractivity (Wildman–Crippen MR) is 58.0 cm³/mol. The van der Waals surface area contributed by atoms with Gasteiger partial charge in [0.2, 0.25) is 0 Å². The maximum atomic E-state index is 11.6. The third-order valence-electron chi connectivity index (χ3n) is 2.07. The van der Waals surface area contributed by atoms with Crippen molar-refractivity contribution in [2.24, 2.45) is 5.92 Å². The molecule has 1 atom stereocenters. The molecule has 0 saturated carbocycles. The van der Waals surface area contributed by atoms with Gasteiger partial charge in [0.05, 0.1) is 6.04 Å². The lowest BCUT2D eigenvalue weighted by Gasteiger charge is -2.13. The number of aryl methyl sites for hydroxylation is 1. The van der Waals surface area contributed by atoms with E-state index >= 15 is 0 Å². The van der Waals surface area contributed by atoms with Crippen LogP contribution in [0.4, 0.5) is 0 Å². The van der Waals surface area contributed by atoms with E-state index in [1.807, 2.05) is 13.8 Å². The summed E-state index contributed by atoms with van der Waals surface area (Å²) in [5.74, 6) is 0.529. The van der Waals surface area contributed by atoms with Crippen LogP contribution in [0, 0.1) is 12.8 Å². The van der Waals surface area contributed by atoms with Gasteiger partial charge in [-0.15, -0.1) is 0 Å². The average Bonchev–Trinajstić information content (AvgIpc) is 2.63. The Kier molecular flexibility index (Phi) is 4.22. The molecule has 1 aromatic heterocycles. The number of nitrogens with zero attached hydrogens (tertiary/aromatic N) is 1. The Labute approximate surface area is 94.2 Å². The van der Waals surface area contributed by atoms with Crippen LogP contribution in [-0.2, 0) is 4.79 Å². The molecule has 1 amide bonds. The van der Waals surface area contributed by atoms with Crippen molar-refractivity contribution >= 4 is 12.2 Å². The van der Waals surface area contributed by atoms with E-state index in [-0.39, 0.29) is 11.6 Å². The third kappa shape index (κ3) is 3.49. The number of hydrogen-bond donors (Lipinski definition) is 1. The maximum Gasteiger partial charge on any atom is 0.274 e. The standard InChI is InChI=1S/C11H16N2O3/c1-7(2)4-9(6-14)12-11(15)10-5-8(3)16-13-10/h5-7,9H,4H2,1-3H3,(H,12,15)/t9-/m0/s1. The fourth-order valence-electron chi connectivity index (χ4n) is 1.37. The van der Waals surface area contributed by atoms with Gasteiger partial charge in [-0.2, -0.15) is 0 Å². The molecule has 16 heavy (non-hydrogen) atoms. The zero-order valence-corrected chi connectivity index (χ0v) is 9.69. The molecule has 0 aliphatic carbocycles. The second-order valence-electron chi connectivity index (χ2n) is 4.17. The molecule has 88 valence electrons.